The van der Waals surface area contributed by atoms with Crippen LogP contribution in [0.5, 0.6) is 0 Å². The molecule has 0 radical (unpaired) electrons. The van der Waals surface area contributed by atoms with Crippen LogP contribution in [0, 0.1) is 13.8 Å². The number of anilines is 1. The summed E-state index contributed by atoms with van der Waals surface area (Å²) < 4.78 is 31.3. The first kappa shape index (κ1) is 17.9. The normalized spacial score (nSPS) is 12.7. The van der Waals surface area contributed by atoms with E-state index in [4.69, 9.17) is 0 Å². The molecule has 0 saturated heterocycles. The van der Waals surface area contributed by atoms with Crippen molar-refractivity contribution in [1.29, 1.82) is 0 Å². The second-order valence-corrected chi connectivity index (χ2v) is 5.47. The van der Waals surface area contributed by atoms with Gasteiger partial charge in [-0.15, -0.1) is 0 Å². The first-order valence-corrected chi connectivity index (χ1v) is 6.79. The van der Waals surface area contributed by atoms with Gasteiger partial charge in [-0.2, -0.15) is 0 Å². The first-order chi connectivity index (χ1) is 7.79. The molecule has 1 aromatic carbocycles. The van der Waals surface area contributed by atoms with Gasteiger partial charge in [-0.3, -0.25) is 0 Å². The zero-order chi connectivity index (χ0) is 13.1. The van der Waals surface area contributed by atoms with Crippen LogP contribution in [0.1, 0.15) is 11.1 Å². The van der Waals surface area contributed by atoms with E-state index in [0.29, 0.717) is 0 Å². The molecule has 18 heavy (non-hydrogen) atoms. The molecule has 1 atom stereocenters. The zero-order valence-electron chi connectivity index (χ0n) is 10.8. The molecule has 1 rings (SSSR count). The van der Waals surface area contributed by atoms with Gasteiger partial charge < -0.3 is 15.0 Å². The Hall–Kier alpha value is -0.110. The minimum absolute atomic E-state index is 0. The average molecular weight is 281 g/mol. The minimum Gasteiger partial charge on any atom is -0.748 e. The van der Waals surface area contributed by atoms with E-state index in [1.807, 2.05) is 32.0 Å². The fourth-order valence-corrected chi connectivity index (χ4v) is 2.20. The van der Waals surface area contributed by atoms with E-state index in [0.717, 1.165) is 16.8 Å². The first-order valence-electron chi connectivity index (χ1n) is 5.21. The second kappa shape index (κ2) is 7.47. The monoisotopic (exact) mass is 281 g/mol. The van der Waals surface area contributed by atoms with Gasteiger partial charge in [0.15, 0.2) is 0 Å². The van der Waals surface area contributed by atoms with Gasteiger partial charge in [0.05, 0.1) is 22.0 Å². The molecule has 7 heteroatoms. The zero-order valence-corrected chi connectivity index (χ0v) is 13.6. The van der Waals surface area contributed by atoms with Crippen molar-refractivity contribution in [2.75, 3.05) is 17.6 Å². The molecule has 1 aromatic rings. The molecule has 0 aliphatic carbocycles. The Kier molecular flexibility index (Phi) is 7.43. The number of hydrogen-bond acceptors (Lipinski definition) is 5. The molecule has 5 nitrogen and oxygen atoms in total. The number of aliphatic hydroxyl groups is 1. The Morgan fingerprint density at radius 2 is 1.83 bits per heavy atom. The Bertz CT molecular complexity index is 470. The molecule has 0 amide bonds. The topological polar surface area (TPSA) is 89.5 Å². The number of para-hydroxylation sites is 1. The van der Waals surface area contributed by atoms with Gasteiger partial charge in [0.25, 0.3) is 0 Å². The third-order valence-corrected chi connectivity index (χ3v) is 3.19. The quantitative estimate of drug-likeness (QED) is 0.465. The molecule has 1 unspecified atom stereocenters. The molecule has 0 aromatic heterocycles. The summed E-state index contributed by atoms with van der Waals surface area (Å²) in [4.78, 5) is 0. The maximum atomic E-state index is 10.4. The second-order valence-electron chi connectivity index (χ2n) is 4.03. The SMILES string of the molecule is Cc1cccc(C)c1NCC(O)CS(=O)(=O)[O-].[Na+]. The van der Waals surface area contributed by atoms with Crippen LogP contribution in [0.15, 0.2) is 18.2 Å². The number of nitrogens with one attached hydrogen (secondary N) is 1. The van der Waals surface area contributed by atoms with Crippen LogP contribution in [-0.4, -0.2) is 36.5 Å². The average Bonchev–Trinajstić information content (AvgIpc) is 2.14. The van der Waals surface area contributed by atoms with Crippen molar-refractivity contribution >= 4 is 15.8 Å². The summed E-state index contributed by atoms with van der Waals surface area (Å²) in [7, 11) is -4.39. The Morgan fingerprint density at radius 1 is 1.33 bits per heavy atom. The van der Waals surface area contributed by atoms with Crippen LogP contribution in [0.2, 0.25) is 0 Å². The summed E-state index contributed by atoms with van der Waals surface area (Å²) >= 11 is 0. The Balaban J connectivity index is 0.00000289. The predicted octanol–water partition coefficient (Wildman–Crippen LogP) is -2.37. The molecule has 0 bridgehead atoms. The molecule has 0 aliphatic rings. The van der Waals surface area contributed by atoms with Gasteiger partial charge in [0, 0.05) is 12.2 Å². The van der Waals surface area contributed by atoms with Gasteiger partial charge in [-0.25, -0.2) is 8.42 Å². The van der Waals surface area contributed by atoms with Crippen molar-refractivity contribution in [2.45, 2.75) is 20.0 Å². The van der Waals surface area contributed by atoms with Crippen LogP contribution < -0.4 is 34.9 Å². The van der Waals surface area contributed by atoms with Gasteiger partial charge >= 0.3 is 29.6 Å². The summed E-state index contributed by atoms with van der Waals surface area (Å²) in [5.74, 6) is -0.773. The number of aryl methyl sites for hydroxylation is 2. The number of benzene rings is 1. The maximum absolute atomic E-state index is 10.4. The summed E-state index contributed by atoms with van der Waals surface area (Å²) in [6.07, 6.45) is -1.20. The van der Waals surface area contributed by atoms with Crippen LogP contribution in [0.25, 0.3) is 0 Å². The van der Waals surface area contributed by atoms with E-state index in [1.54, 1.807) is 0 Å². The van der Waals surface area contributed by atoms with Crippen molar-refractivity contribution in [3.8, 4) is 0 Å². The summed E-state index contributed by atoms with van der Waals surface area (Å²) in [6, 6.07) is 5.73. The van der Waals surface area contributed by atoms with E-state index < -0.39 is 22.0 Å². The fourth-order valence-electron chi connectivity index (χ4n) is 1.61. The van der Waals surface area contributed by atoms with Crippen LogP contribution in [-0.2, 0) is 10.1 Å². The molecule has 0 spiro atoms. The van der Waals surface area contributed by atoms with E-state index in [-0.39, 0.29) is 36.1 Å². The predicted molar refractivity (Wildman–Crippen MR) is 65.0 cm³/mol. The number of rotatable bonds is 5. The molecule has 0 saturated carbocycles. The van der Waals surface area contributed by atoms with Crippen LogP contribution in [0.4, 0.5) is 5.69 Å². The molecule has 96 valence electrons. The molecular formula is C11H16NNaO4S. The van der Waals surface area contributed by atoms with Crippen molar-refractivity contribution < 1.29 is 47.6 Å². The van der Waals surface area contributed by atoms with E-state index in [1.165, 1.54) is 0 Å². The van der Waals surface area contributed by atoms with Crippen molar-refractivity contribution in [3.05, 3.63) is 29.3 Å². The van der Waals surface area contributed by atoms with Gasteiger partial charge in [0.2, 0.25) is 0 Å². The molecular weight excluding hydrogens is 265 g/mol. The smallest absolute Gasteiger partial charge is 0.748 e. The maximum Gasteiger partial charge on any atom is 1.00 e. The van der Waals surface area contributed by atoms with Crippen molar-refractivity contribution in [1.82, 2.24) is 0 Å². The van der Waals surface area contributed by atoms with E-state index in [2.05, 4.69) is 5.32 Å². The summed E-state index contributed by atoms with van der Waals surface area (Å²) in [5, 5.41) is 12.3. The molecule has 2 N–H and O–H groups in total. The van der Waals surface area contributed by atoms with E-state index in [9.17, 15) is 18.1 Å². The van der Waals surface area contributed by atoms with Crippen molar-refractivity contribution in [2.24, 2.45) is 0 Å². The van der Waals surface area contributed by atoms with Crippen molar-refractivity contribution in [3.63, 3.8) is 0 Å². The summed E-state index contributed by atoms with van der Waals surface area (Å²) in [5.41, 5.74) is 2.86. The molecule has 0 fully saturated rings. The third kappa shape index (κ3) is 6.17. The number of hydrogen-bond donors (Lipinski definition) is 2. The Morgan fingerprint density at radius 3 is 2.28 bits per heavy atom. The fraction of sp³-hybridized carbons (Fsp3) is 0.455. The van der Waals surface area contributed by atoms with Crippen LogP contribution >= 0.6 is 0 Å². The molecule has 0 heterocycles. The van der Waals surface area contributed by atoms with Gasteiger partial charge in [-0.1, -0.05) is 18.2 Å². The van der Waals surface area contributed by atoms with E-state index >= 15 is 0 Å². The van der Waals surface area contributed by atoms with Gasteiger partial charge in [-0.05, 0) is 25.0 Å². The largest absolute Gasteiger partial charge is 1.00 e. The van der Waals surface area contributed by atoms with Crippen LogP contribution in [0.3, 0.4) is 0 Å². The molecule has 0 aliphatic heterocycles. The Labute approximate surface area is 130 Å². The third-order valence-electron chi connectivity index (χ3n) is 2.39. The minimum atomic E-state index is -4.39. The number of aliphatic hydroxyl groups excluding tert-OH is 1. The standard InChI is InChI=1S/C11H17NO4S.Na/c1-8-4-3-5-9(2)11(8)12-6-10(13)7-17(14,15)16;/h3-5,10,12-13H,6-7H2,1-2H3,(H,14,15,16);/q;+1/p-1. The van der Waals surface area contributed by atoms with Gasteiger partial charge in [0.1, 0.15) is 0 Å². The summed E-state index contributed by atoms with van der Waals surface area (Å²) in [6.45, 7) is 3.85.